The van der Waals surface area contributed by atoms with Crippen molar-refractivity contribution >= 4 is 27.4 Å². The molecule has 8 heteroatoms. The molecule has 0 saturated heterocycles. The van der Waals surface area contributed by atoms with Crippen LogP contribution in [0.4, 0.5) is 10.2 Å². The van der Waals surface area contributed by atoms with Gasteiger partial charge in [0.05, 0.1) is 34.5 Å². The second-order valence-electron chi connectivity index (χ2n) is 7.42. The quantitative estimate of drug-likeness (QED) is 0.361. The number of hydrogen-bond acceptors (Lipinski definition) is 7. The predicted molar refractivity (Wildman–Crippen MR) is 125 cm³/mol. The largest absolute Gasteiger partial charge is 0.472 e. The maximum Gasteiger partial charge on any atom is 0.165 e. The number of halogens is 1. The Bertz CT molecular complexity index is 1340. The number of nitrogens with one attached hydrogen (secondary N) is 1. The maximum absolute atomic E-state index is 14.5. The number of nitrogens with two attached hydrogens (primary N) is 1. The maximum atomic E-state index is 14.5. The van der Waals surface area contributed by atoms with Crippen LogP contribution in [0.3, 0.4) is 0 Å². The summed E-state index contributed by atoms with van der Waals surface area (Å²) in [7, 11) is 0. The summed E-state index contributed by atoms with van der Waals surface area (Å²) in [6.45, 7) is 0.512. The van der Waals surface area contributed by atoms with Crippen LogP contribution in [0.2, 0.25) is 0 Å². The Kier molecular flexibility index (Phi) is 5.62. The second-order valence-corrected chi connectivity index (χ2v) is 8.30. The van der Waals surface area contributed by atoms with Gasteiger partial charge in [0.25, 0.3) is 0 Å². The molecule has 4 heterocycles. The van der Waals surface area contributed by atoms with E-state index in [0.717, 1.165) is 34.0 Å². The Hall–Kier alpha value is -3.62. The lowest BCUT2D eigenvalue weighted by atomic mass is 10.1. The lowest BCUT2D eigenvalue weighted by molar-refractivity contribution is 0.568. The molecule has 5 rings (SSSR count). The van der Waals surface area contributed by atoms with Crippen LogP contribution in [-0.2, 0) is 6.42 Å². The van der Waals surface area contributed by atoms with Gasteiger partial charge in [-0.05, 0) is 24.1 Å². The van der Waals surface area contributed by atoms with Crippen molar-refractivity contribution in [1.29, 1.82) is 0 Å². The number of furan rings is 1. The molecular weight excluding hydrogens is 425 g/mol. The van der Waals surface area contributed by atoms with E-state index in [0.29, 0.717) is 23.8 Å². The average molecular weight is 446 g/mol. The fourth-order valence-corrected chi connectivity index (χ4v) is 4.53. The van der Waals surface area contributed by atoms with Gasteiger partial charge in [0.1, 0.15) is 5.82 Å². The van der Waals surface area contributed by atoms with Crippen LogP contribution in [0, 0.1) is 5.82 Å². The third kappa shape index (κ3) is 4.10. The van der Waals surface area contributed by atoms with Crippen molar-refractivity contribution in [1.82, 2.24) is 15.0 Å². The minimum Gasteiger partial charge on any atom is -0.472 e. The number of fused-ring (bicyclic) bond motifs is 1. The number of benzene rings is 1. The van der Waals surface area contributed by atoms with Gasteiger partial charge < -0.3 is 15.5 Å². The van der Waals surface area contributed by atoms with Crippen LogP contribution >= 0.6 is 11.3 Å². The van der Waals surface area contributed by atoms with E-state index in [1.54, 1.807) is 18.6 Å². The number of rotatable bonds is 7. The highest BCUT2D eigenvalue weighted by atomic mass is 32.1. The van der Waals surface area contributed by atoms with Crippen LogP contribution in [0.5, 0.6) is 0 Å². The van der Waals surface area contributed by atoms with Crippen molar-refractivity contribution in [2.24, 2.45) is 5.73 Å². The third-order valence-electron chi connectivity index (χ3n) is 5.13. The SMILES string of the molecule is NC(CNc1nc(-c2ccncc2F)nc2c(-c3ccoc3)csc12)Cc1ccccc1. The van der Waals surface area contributed by atoms with E-state index >= 15 is 0 Å². The fourth-order valence-electron chi connectivity index (χ4n) is 3.55. The van der Waals surface area contributed by atoms with Crippen LogP contribution < -0.4 is 11.1 Å². The number of pyridine rings is 1. The van der Waals surface area contributed by atoms with E-state index in [2.05, 4.69) is 27.4 Å². The van der Waals surface area contributed by atoms with E-state index in [4.69, 9.17) is 15.1 Å². The van der Waals surface area contributed by atoms with Crippen molar-refractivity contribution < 1.29 is 8.81 Å². The number of anilines is 1. The third-order valence-corrected chi connectivity index (χ3v) is 6.11. The van der Waals surface area contributed by atoms with E-state index in [9.17, 15) is 4.39 Å². The monoisotopic (exact) mass is 445 g/mol. The molecule has 0 amide bonds. The van der Waals surface area contributed by atoms with E-state index in [-0.39, 0.29) is 6.04 Å². The summed E-state index contributed by atoms with van der Waals surface area (Å²) < 4.78 is 20.6. The highest BCUT2D eigenvalue weighted by molar-refractivity contribution is 7.18. The second kappa shape index (κ2) is 8.86. The molecule has 1 atom stereocenters. The van der Waals surface area contributed by atoms with Crippen molar-refractivity contribution in [2.45, 2.75) is 12.5 Å². The summed E-state index contributed by atoms with van der Waals surface area (Å²) in [4.78, 5) is 13.2. The molecule has 4 aromatic heterocycles. The minimum absolute atomic E-state index is 0.114. The molecule has 5 aromatic rings. The van der Waals surface area contributed by atoms with Crippen molar-refractivity contribution in [3.05, 3.63) is 84.1 Å². The molecule has 1 aromatic carbocycles. The Balaban J connectivity index is 1.51. The summed E-state index contributed by atoms with van der Waals surface area (Å²) in [6.07, 6.45) is 6.71. The molecule has 0 aliphatic rings. The van der Waals surface area contributed by atoms with E-state index in [1.165, 1.54) is 23.1 Å². The topological polar surface area (TPSA) is 89.9 Å². The molecule has 32 heavy (non-hydrogen) atoms. The molecular formula is C24H20FN5OS. The number of nitrogens with zero attached hydrogens (tertiary/aromatic N) is 3. The highest BCUT2D eigenvalue weighted by Crippen LogP contribution is 2.37. The lowest BCUT2D eigenvalue weighted by Crippen LogP contribution is -2.31. The fraction of sp³-hybridized carbons (Fsp3) is 0.125. The van der Waals surface area contributed by atoms with Crippen molar-refractivity contribution in [3.8, 4) is 22.5 Å². The molecule has 0 bridgehead atoms. The Morgan fingerprint density at radius 3 is 2.75 bits per heavy atom. The number of aromatic nitrogens is 3. The average Bonchev–Trinajstić information content (AvgIpc) is 3.48. The first-order valence-corrected chi connectivity index (χ1v) is 11.0. The van der Waals surface area contributed by atoms with Crippen molar-refractivity contribution in [2.75, 3.05) is 11.9 Å². The zero-order valence-corrected chi connectivity index (χ0v) is 17.8. The predicted octanol–water partition coefficient (Wildman–Crippen LogP) is 5.13. The smallest absolute Gasteiger partial charge is 0.165 e. The lowest BCUT2D eigenvalue weighted by Gasteiger charge is -2.15. The summed E-state index contributed by atoms with van der Waals surface area (Å²) in [5.41, 5.74) is 10.4. The number of thiophene rings is 1. The van der Waals surface area contributed by atoms with Crippen LogP contribution in [0.25, 0.3) is 32.7 Å². The summed E-state index contributed by atoms with van der Waals surface area (Å²) in [6, 6.07) is 13.4. The Labute approximate surface area is 188 Å². The summed E-state index contributed by atoms with van der Waals surface area (Å²) >= 11 is 1.53. The van der Waals surface area contributed by atoms with E-state index < -0.39 is 5.82 Å². The molecule has 3 N–H and O–H groups in total. The van der Waals surface area contributed by atoms with Crippen molar-refractivity contribution in [3.63, 3.8) is 0 Å². The molecule has 1 unspecified atom stereocenters. The van der Waals surface area contributed by atoms with Gasteiger partial charge in [-0.1, -0.05) is 30.3 Å². The van der Waals surface area contributed by atoms with Gasteiger partial charge >= 0.3 is 0 Å². The Morgan fingerprint density at radius 1 is 1.09 bits per heavy atom. The molecule has 0 fully saturated rings. The molecule has 160 valence electrons. The van der Waals surface area contributed by atoms with Gasteiger partial charge in [-0.3, -0.25) is 4.98 Å². The van der Waals surface area contributed by atoms with E-state index in [1.807, 2.05) is 29.6 Å². The molecule has 0 spiro atoms. The summed E-state index contributed by atoms with van der Waals surface area (Å²) in [5, 5.41) is 5.37. The van der Waals surface area contributed by atoms with Gasteiger partial charge in [0.2, 0.25) is 0 Å². The molecule has 0 radical (unpaired) electrons. The van der Waals surface area contributed by atoms with Gasteiger partial charge in [-0.25, -0.2) is 14.4 Å². The Morgan fingerprint density at radius 2 is 1.97 bits per heavy atom. The first-order valence-electron chi connectivity index (χ1n) is 10.1. The zero-order valence-electron chi connectivity index (χ0n) is 17.0. The first kappa shape index (κ1) is 20.3. The number of hydrogen-bond donors (Lipinski definition) is 2. The highest BCUT2D eigenvalue weighted by Gasteiger charge is 2.18. The summed E-state index contributed by atoms with van der Waals surface area (Å²) in [5.74, 6) is 0.447. The molecule has 6 nitrogen and oxygen atoms in total. The minimum atomic E-state index is -0.473. The van der Waals surface area contributed by atoms with Crippen LogP contribution in [0.1, 0.15) is 5.56 Å². The van der Waals surface area contributed by atoms with Gasteiger partial charge in [-0.2, -0.15) is 0 Å². The van der Waals surface area contributed by atoms with Gasteiger partial charge in [0.15, 0.2) is 11.6 Å². The van der Waals surface area contributed by atoms with Gasteiger partial charge in [0, 0.05) is 35.3 Å². The van der Waals surface area contributed by atoms with Crippen LogP contribution in [0.15, 0.2) is 77.2 Å². The molecule has 0 aliphatic carbocycles. The van der Waals surface area contributed by atoms with Gasteiger partial charge in [-0.15, -0.1) is 11.3 Å². The van der Waals surface area contributed by atoms with Crippen LogP contribution in [-0.4, -0.2) is 27.5 Å². The normalized spacial score (nSPS) is 12.2. The standard InChI is InChI=1S/C24H20FN5OS/c25-20-12-27-8-6-18(20)23-29-21-19(16-7-9-31-13-16)14-32-22(21)24(30-23)28-11-17(26)10-15-4-2-1-3-5-15/h1-9,12-14,17H,10-11,26H2,(H,28,29,30). The first-order chi connectivity index (χ1) is 15.7. The molecule has 0 aliphatic heterocycles. The zero-order chi connectivity index (χ0) is 21.9. The molecule has 0 saturated carbocycles.